The number of carbonyl (C=O) groups excluding carboxylic acids is 3. The molecule has 2 saturated heterocycles. The van der Waals surface area contributed by atoms with Crippen LogP contribution in [0.15, 0.2) is 0 Å². The van der Waals surface area contributed by atoms with Crippen LogP contribution in [0.1, 0.15) is 46.5 Å². The van der Waals surface area contributed by atoms with E-state index in [1.807, 2.05) is 25.7 Å². The van der Waals surface area contributed by atoms with Gasteiger partial charge in [-0.1, -0.05) is 20.8 Å². The van der Waals surface area contributed by atoms with Gasteiger partial charge >= 0.3 is 5.97 Å². The van der Waals surface area contributed by atoms with Crippen molar-refractivity contribution >= 4 is 17.8 Å². The zero-order valence-electron chi connectivity index (χ0n) is 14.6. The van der Waals surface area contributed by atoms with Gasteiger partial charge in [0, 0.05) is 31.0 Å². The molecule has 0 aromatic heterocycles. The highest BCUT2D eigenvalue weighted by molar-refractivity contribution is 5.87. The SMILES string of the molecule is COC(=O)C1CCCN1C(=O)C1CCN(C(=O)C(C)(C)C)CC1. The summed E-state index contributed by atoms with van der Waals surface area (Å²) in [5, 5.41) is 0. The fraction of sp³-hybridized carbons (Fsp3) is 0.824. The maximum Gasteiger partial charge on any atom is 0.328 e. The molecular weight excluding hydrogens is 296 g/mol. The zero-order chi connectivity index (χ0) is 17.2. The van der Waals surface area contributed by atoms with Crippen molar-refractivity contribution in [3.63, 3.8) is 0 Å². The Morgan fingerprint density at radius 2 is 1.61 bits per heavy atom. The number of methoxy groups -OCH3 is 1. The summed E-state index contributed by atoms with van der Waals surface area (Å²) in [5.74, 6) is -0.238. The average Bonchev–Trinajstić information content (AvgIpc) is 3.01. The first-order valence-corrected chi connectivity index (χ1v) is 8.43. The third kappa shape index (κ3) is 3.85. The first-order chi connectivity index (χ1) is 10.8. The molecule has 1 unspecified atom stereocenters. The second-order valence-electron chi connectivity index (χ2n) is 7.53. The van der Waals surface area contributed by atoms with Crippen molar-refractivity contribution < 1.29 is 19.1 Å². The van der Waals surface area contributed by atoms with Gasteiger partial charge in [-0.2, -0.15) is 0 Å². The second kappa shape index (κ2) is 6.89. The molecule has 0 aromatic rings. The topological polar surface area (TPSA) is 66.9 Å². The highest BCUT2D eigenvalue weighted by atomic mass is 16.5. The number of carbonyl (C=O) groups is 3. The molecule has 6 nitrogen and oxygen atoms in total. The van der Waals surface area contributed by atoms with Crippen LogP contribution >= 0.6 is 0 Å². The molecule has 130 valence electrons. The number of piperidine rings is 1. The molecule has 0 spiro atoms. The van der Waals surface area contributed by atoms with Crippen molar-refractivity contribution in [2.75, 3.05) is 26.7 Å². The van der Waals surface area contributed by atoms with Gasteiger partial charge in [-0.25, -0.2) is 4.79 Å². The molecule has 2 rings (SSSR count). The van der Waals surface area contributed by atoms with Gasteiger partial charge in [0.25, 0.3) is 0 Å². The van der Waals surface area contributed by atoms with E-state index >= 15 is 0 Å². The summed E-state index contributed by atoms with van der Waals surface area (Å²) in [6.45, 7) is 7.60. The van der Waals surface area contributed by atoms with Gasteiger partial charge in [0.2, 0.25) is 11.8 Å². The molecule has 0 saturated carbocycles. The Morgan fingerprint density at radius 1 is 1.00 bits per heavy atom. The third-order valence-electron chi connectivity index (χ3n) is 4.78. The van der Waals surface area contributed by atoms with Crippen LogP contribution in [0.2, 0.25) is 0 Å². The van der Waals surface area contributed by atoms with Crippen molar-refractivity contribution in [3.8, 4) is 0 Å². The van der Waals surface area contributed by atoms with Crippen molar-refractivity contribution in [1.82, 2.24) is 9.80 Å². The van der Waals surface area contributed by atoms with Crippen LogP contribution in [0.3, 0.4) is 0 Å². The summed E-state index contributed by atoms with van der Waals surface area (Å²) in [6, 6.07) is -0.429. The van der Waals surface area contributed by atoms with Crippen LogP contribution in [0, 0.1) is 11.3 Å². The minimum absolute atomic E-state index is 0.0424. The molecule has 2 fully saturated rings. The van der Waals surface area contributed by atoms with Crippen LogP contribution in [-0.4, -0.2) is 60.4 Å². The van der Waals surface area contributed by atoms with E-state index in [9.17, 15) is 14.4 Å². The molecule has 0 radical (unpaired) electrons. The first-order valence-electron chi connectivity index (χ1n) is 8.43. The van der Waals surface area contributed by atoms with Crippen LogP contribution in [0.5, 0.6) is 0 Å². The largest absolute Gasteiger partial charge is 0.467 e. The Morgan fingerprint density at radius 3 is 2.13 bits per heavy atom. The summed E-state index contributed by atoms with van der Waals surface area (Å²) < 4.78 is 4.80. The lowest BCUT2D eigenvalue weighted by molar-refractivity contribution is -0.153. The lowest BCUT2D eigenvalue weighted by Gasteiger charge is -2.37. The Bertz CT molecular complexity index is 475. The summed E-state index contributed by atoms with van der Waals surface area (Å²) in [6.07, 6.45) is 2.86. The van der Waals surface area contributed by atoms with Crippen molar-refractivity contribution in [1.29, 1.82) is 0 Å². The molecule has 23 heavy (non-hydrogen) atoms. The molecule has 0 bridgehead atoms. The number of hydrogen-bond donors (Lipinski definition) is 0. The number of amides is 2. The highest BCUT2D eigenvalue weighted by Crippen LogP contribution is 2.27. The van der Waals surface area contributed by atoms with E-state index in [0.29, 0.717) is 38.9 Å². The van der Waals surface area contributed by atoms with E-state index in [2.05, 4.69) is 0 Å². The highest BCUT2D eigenvalue weighted by Gasteiger charge is 2.39. The van der Waals surface area contributed by atoms with Crippen LogP contribution in [0.4, 0.5) is 0 Å². The smallest absolute Gasteiger partial charge is 0.328 e. The van der Waals surface area contributed by atoms with Gasteiger partial charge in [0.1, 0.15) is 6.04 Å². The number of esters is 1. The van der Waals surface area contributed by atoms with E-state index in [4.69, 9.17) is 4.74 Å². The van der Waals surface area contributed by atoms with Crippen molar-refractivity contribution in [3.05, 3.63) is 0 Å². The van der Waals surface area contributed by atoms with E-state index in [0.717, 1.165) is 6.42 Å². The fourth-order valence-electron chi connectivity index (χ4n) is 3.45. The first kappa shape index (κ1) is 17.8. The van der Waals surface area contributed by atoms with Gasteiger partial charge in [0.05, 0.1) is 7.11 Å². The monoisotopic (exact) mass is 324 g/mol. The molecule has 2 amide bonds. The Kier molecular flexibility index (Phi) is 5.32. The Balaban J connectivity index is 1.93. The fourth-order valence-corrected chi connectivity index (χ4v) is 3.45. The Labute approximate surface area is 138 Å². The van der Waals surface area contributed by atoms with E-state index in [1.54, 1.807) is 4.90 Å². The van der Waals surface area contributed by atoms with E-state index < -0.39 is 6.04 Å². The van der Waals surface area contributed by atoms with Crippen LogP contribution in [-0.2, 0) is 19.1 Å². The molecule has 0 N–H and O–H groups in total. The quantitative estimate of drug-likeness (QED) is 0.721. The van der Waals surface area contributed by atoms with Gasteiger partial charge in [-0.15, -0.1) is 0 Å². The maximum atomic E-state index is 12.7. The number of likely N-dealkylation sites (tertiary alicyclic amines) is 2. The third-order valence-corrected chi connectivity index (χ3v) is 4.78. The summed E-state index contributed by atoms with van der Waals surface area (Å²) in [4.78, 5) is 40.3. The average molecular weight is 324 g/mol. The van der Waals surface area contributed by atoms with E-state index in [1.165, 1.54) is 7.11 Å². The van der Waals surface area contributed by atoms with Gasteiger partial charge in [-0.3, -0.25) is 9.59 Å². The minimum atomic E-state index is -0.429. The number of nitrogens with zero attached hydrogens (tertiary/aromatic N) is 2. The van der Waals surface area contributed by atoms with Crippen molar-refractivity contribution in [2.24, 2.45) is 11.3 Å². The Hall–Kier alpha value is -1.59. The molecule has 2 heterocycles. The second-order valence-corrected chi connectivity index (χ2v) is 7.53. The number of rotatable bonds is 2. The predicted octanol–water partition coefficient (Wildman–Crippen LogP) is 1.44. The van der Waals surface area contributed by atoms with Gasteiger partial charge < -0.3 is 14.5 Å². The summed E-state index contributed by atoms with van der Waals surface area (Å²) in [7, 11) is 1.36. The summed E-state index contributed by atoms with van der Waals surface area (Å²) >= 11 is 0. The molecular formula is C17H28N2O4. The molecule has 6 heteroatoms. The zero-order valence-corrected chi connectivity index (χ0v) is 14.6. The van der Waals surface area contributed by atoms with Crippen LogP contribution < -0.4 is 0 Å². The molecule has 2 aliphatic rings. The lowest BCUT2D eigenvalue weighted by Crippen LogP contribution is -2.49. The summed E-state index contributed by atoms with van der Waals surface area (Å²) in [5.41, 5.74) is -0.387. The lowest BCUT2D eigenvalue weighted by atomic mass is 9.90. The van der Waals surface area contributed by atoms with Crippen LogP contribution in [0.25, 0.3) is 0 Å². The molecule has 0 aromatic carbocycles. The number of hydrogen-bond acceptors (Lipinski definition) is 4. The normalized spacial score (nSPS) is 23.0. The standard InChI is InChI=1S/C17H28N2O4/c1-17(2,3)16(22)18-10-7-12(8-11-18)14(20)19-9-5-6-13(19)15(21)23-4/h12-13H,5-11H2,1-4H3. The number of ether oxygens (including phenoxy) is 1. The predicted molar refractivity (Wildman–Crippen MR) is 85.5 cm³/mol. The maximum absolute atomic E-state index is 12.7. The van der Waals surface area contributed by atoms with Crippen molar-refractivity contribution in [2.45, 2.75) is 52.5 Å². The molecule has 1 atom stereocenters. The van der Waals surface area contributed by atoms with Gasteiger partial charge in [0.15, 0.2) is 0 Å². The molecule has 0 aliphatic carbocycles. The molecule has 2 aliphatic heterocycles. The van der Waals surface area contributed by atoms with E-state index in [-0.39, 0.29) is 29.1 Å². The van der Waals surface area contributed by atoms with Gasteiger partial charge in [-0.05, 0) is 25.7 Å². The minimum Gasteiger partial charge on any atom is -0.467 e.